The summed E-state index contributed by atoms with van der Waals surface area (Å²) in [6, 6.07) is 2.05. The molecule has 1 aromatic rings. The van der Waals surface area contributed by atoms with E-state index in [0.29, 0.717) is 5.41 Å². The highest BCUT2D eigenvalue weighted by atomic mass is 32.1. The molecule has 14 heavy (non-hydrogen) atoms. The molecular formula is C11H15NOS. The van der Waals surface area contributed by atoms with Gasteiger partial charge in [-0.15, -0.1) is 11.3 Å². The molecule has 1 aromatic heterocycles. The number of hydrogen-bond donors (Lipinski definition) is 1. The average Bonchev–Trinajstić information content (AvgIpc) is 2.56. The predicted molar refractivity (Wildman–Crippen MR) is 58.9 cm³/mol. The van der Waals surface area contributed by atoms with Gasteiger partial charge >= 0.3 is 0 Å². The van der Waals surface area contributed by atoms with Gasteiger partial charge in [-0.25, -0.2) is 0 Å². The Morgan fingerprint density at radius 2 is 2.21 bits per heavy atom. The maximum atomic E-state index is 11.4. The van der Waals surface area contributed by atoms with Crippen molar-refractivity contribution in [3.05, 3.63) is 21.4 Å². The summed E-state index contributed by atoms with van der Waals surface area (Å²) >= 11 is 1.64. The molecule has 0 spiro atoms. The third-order valence-corrected chi connectivity index (χ3v) is 3.83. The second kappa shape index (κ2) is 3.09. The van der Waals surface area contributed by atoms with Crippen LogP contribution in [0.3, 0.4) is 0 Å². The van der Waals surface area contributed by atoms with Crippen molar-refractivity contribution in [3.63, 3.8) is 0 Å². The molecule has 76 valence electrons. The standard InChI is InChI=1S/C11H15NOS/c1-11(2)5-7-4-8(10(13)12-3)14-9(7)6-11/h4H,5-6H2,1-3H3,(H,12,13). The Kier molecular flexibility index (Phi) is 2.14. The number of amides is 1. The van der Waals surface area contributed by atoms with Crippen LogP contribution in [0.2, 0.25) is 0 Å². The molecule has 2 nitrogen and oxygen atoms in total. The fourth-order valence-electron chi connectivity index (χ4n) is 2.01. The Labute approximate surface area is 88.3 Å². The third kappa shape index (κ3) is 1.57. The molecule has 0 saturated carbocycles. The van der Waals surface area contributed by atoms with Crippen LogP contribution in [0.25, 0.3) is 0 Å². The van der Waals surface area contributed by atoms with Gasteiger partial charge in [0.25, 0.3) is 5.91 Å². The zero-order chi connectivity index (χ0) is 10.3. The lowest BCUT2D eigenvalue weighted by Gasteiger charge is -2.15. The van der Waals surface area contributed by atoms with Crippen molar-refractivity contribution in [3.8, 4) is 0 Å². The molecule has 1 heterocycles. The Morgan fingerprint density at radius 3 is 2.79 bits per heavy atom. The summed E-state index contributed by atoms with van der Waals surface area (Å²) in [6.45, 7) is 4.55. The van der Waals surface area contributed by atoms with Crippen LogP contribution < -0.4 is 5.32 Å². The summed E-state index contributed by atoms with van der Waals surface area (Å²) in [5, 5.41) is 2.66. The number of fused-ring (bicyclic) bond motifs is 1. The first-order valence-corrected chi connectivity index (χ1v) is 5.67. The lowest BCUT2D eigenvalue weighted by atomic mass is 9.91. The van der Waals surface area contributed by atoms with E-state index in [1.54, 1.807) is 18.4 Å². The molecule has 2 rings (SSSR count). The second-order valence-corrected chi connectivity index (χ2v) is 5.79. The van der Waals surface area contributed by atoms with Crippen LogP contribution in [0, 0.1) is 5.41 Å². The molecule has 0 aliphatic heterocycles. The van der Waals surface area contributed by atoms with E-state index in [9.17, 15) is 4.79 Å². The molecule has 0 unspecified atom stereocenters. The number of nitrogens with one attached hydrogen (secondary N) is 1. The molecule has 3 heteroatoms. The molecule has 1 aliphatic rings. The molecule has 0 radical (unpaired) electrons. The van der Waals surface area contributed by atoms with Crippen molar-refractivity contribution in [2.75, 3.05) is 7.05 Å². The van der Waals surface area contributed by atoms with Crippen molar-refractivity contribution in [1.29, 1.82) is 0 Å². The normalized spacial score (nSPS) is 17.9. The van der Waals surface area contributed by atoms with Gasteiger partial charge < -0.3 is 5.32 Å². The van der Waals surface area contributed by atoms with Gasteiger partial charge in [0.1, 0.15) is 0 Å². The lowest BCUT2D eigenvalue weighted by molar-refractivity contribution is 0.0967. The topological polar surface area (TPSA) is 29.1 Å². The second-order valence-electron chi connectivity index (χ2n) is 4.66. The first-order chi connectivity index (χ1) is 6.52. The molecule has 0 fully saturated rings. The van der Waals surface area contributed by atoms with E-state index in [2.05, 4.69) is 19.2 Å². The average molecular weight is 209 g/mol. The minimum atomic E-state index is 0.0437. The van der Waals surface area contributed by atoms with E-state index in [0.717, 1.165) is 17.7 Å². The van der Waals surface area contributed by atoms with Gasteiger partial charge in [0.05, 0.1) is 4.88 Å². The molecular weight excluding hydrogens is 194 g/mol. The molecule has 0 aromatic carbocycles. The fraction of sp³-hybridized carbons (Fsp3) is 0.545. The van der Waals surface area contributed by atoms with Gasteiger partial charge in [0.15, 0.2) is 0 Å². The van der Waals surface area contributed by atoms with Crippen molar-refractivity contribution < 1.29 is 4.79 Å². The third-order valence-electron chi connectivity index (χ3n) is 2.66. The van der Waals surface area contributed by atoms with E-state index >= 15 is 0 Å². The largest absolute Gasteiger partial charge is 0.354 e. The Morgan fingerprint density at radius 1 is 1.50 bits per heavy atom. The summed E-state index contributed by atoms with van der Waals surface area (Å²) in [7, 11) is 1.68. The molecule has 0 saturated heterocycles. The van der Waals surface area contributed by atoms with Crippen LogP contribution in [-0.2, 0) is 12.8 Å². The maximum Gasteiger partial charge on any atom is 0.261 e. The van der Waals surface area contributed by atoms with Gasteiger partial charge in [-0.05, 0) is 29.9 Å². The highest BCUT2D eigenvalue weighted by Crippen LogP contribution is 2.40. The molecule has 0 bridgehead atoms. The van der Waals surface area contributed by atoms with Crippen LogP contribution in [0.5, 0.6) is 0 Å². The Bertz CT molecular complexity index is 353. The van der Waals surface area contributed by atoms with Gasteiger partial charge in [-0.2, -0.15) is 0 Å². The first-order valence-electron chi connectivity index (χ1n) is 4.85. The molecule has 0 atom stereocenters. The maximum absolute atomic E-state index is 11.4. The Balaban J connectivity index is 2.27. The summed E-state index contributed by atoms with van der Waals surface area (Å²) in [5.41, 5.74) is 1.76. The van der Waals surface area contributed by atoms with Gasteiger partial charge in [-0.3, -0.25) is 4.79 Å². The number of thiophene rings is 1. The van der Waals surface area contributed by atoms with Crippen LogP contribution in [0.4, 0.5) is 0 Å². The monoisotopic (exact) mass is 209 g/mol. The van der Waals surface area contributed by atoms with Crippen molar-refractivity contribution >= 4 is 17.2 Å². The van der Waals surface area contributed by atoms with Crippen LogP contribution in [-0.4, -0.2) is 13.0 Å². The van der Waals surface area contributed by atoms with E-state index in [4.69, 9.17) is 0 Å². The predicted octanol–water partition coefficient (Wildman–Crippen LogP) is 2.23. The lowest BCUT2D eigenvalue weighted by Crippen LogP contribution is -2.16. The van der Waals surface area contributed by atoms with E-state index < -0.39 is 0 Å². The van der Waals surface area contributed by atoms with Gasteiger partial charge in [0.2, 0.25) is 0 Å². The van der Waals surface area contributed by atoms with E-state index in [-0.39, 0.29) is 5.91 Å². The minimum absolute atomic E-state index is 0.0437. The fourth-order valence-corrected chi connectivity index (χ4v) is 3.40. The van der Waals surface area contributed by atoms with Gasteiger partial charge in [0, 0.05) is 11.9 Å². The minimum Gasteiger partial charge on any atom is -0.354 e. The first kappa shape index (κ1) is 9.71. The number of carbonyl (C=O) groups excluding carboxylic acids is 1. The molecule has 1 N–H and O–H groups in total. The SMILES string of the molecule is CNC(=O)c1cc2c(s1)CC(C)(C)C2. The van der Waals surface area contributed by atoms with Crippen LogP contribution in [0.15, 0.2) is 6.07 Å². The zero-order valence-electron chi connectivity index (χ0n) is 8.81. The molecule has 1 amide bonds. The van der Waals surface area contributed by atoms with E-state index in [1.165, 1.54) is 10.4 Å². The summed E-state index contributed by atoms with van der Waals surface area (Å²) in [5.74, 6) is 0.0437. The Hall–Kier alpha value is -0.830. The van der Waals surface area contributed by atoms with Gasteiger partial charge in [-0.1, -0.05) is 13.8 Å². The highest BCUT2D eigenvalue weighted by Gasteiger charge is 2.30. The summed E-state index contributed by atoms with van der Waals surface area (Å²) < 4.78 is 0. The van der Waals surface area contributed by atoms with Crippen molar-refractivity contribution in [1.82, 2.24) is 5.32 Å². The number of rotatable bonds is 1. The number of carbonyl (C=O) groups is 1. The summed E-state index contributed by atoms with van der Waals surface area (Å²) in [4.78, 5) is 13.6. The smallest absolute Gasteiger partial charge is 0.261 e. The molecule has 1 aliphatic carbocycles. The van der Waals surface area contributed by atoms with Crippen LogP contribution in [0.1, 0.15) is 34.0 Å². The quantitative estimate of drug-likeness (QED) is 0.755. The van der Waals surface area contributed by atoms with Crippen molar-refractivity contribution in [2.24, 2.45) is 5.41 Å². The number of hydrogen-bond acceptors (Lipinski definition) is 2. The van der Waals surface area contributed by atoms with Crippen molar-refractivity contribution in [2.45, 2.75) is 26.7 Å². The summed E-state index contributed by atoms with van der Waals surface area (Å²) in [6.07, 6.45) is 2.22. The highest BCUT2D eigenvalue weighted by molar-refractivity contribution is 7.14. The zero-order valence-corrected chi connectivity index (χ0v) is 9.62. The van der Waals surface area contributed by atoms with Crippen LogP contribution >= 0.6 is 11.3 Å². The van der Waals surface area contributed by atoms with E-state index in [1.807, 2.05) is 6.07 Å².